The first-order valence-electron chi connectivity index (χ1n) is 6.90. The van der Waals surface area contributed by atoms with Gasteiger partial charge in [-0.3, -0.25) is 14.9 Å². The van der Waals surface area contributed by atoms with Crippen molar-refractivity contribution in [3.8, 4) is 0 Å². The summed E-state index contributed by atoms with van der Waals surface area (Å²) in [5, 5.41) is 9.75. The number of aromatic nitrogens is 2. The lowest BCUT2D eigenvalue weighted by Crippen LogP contribution is -2.18. The van der Waals surface area contributed by atoms with E-state index in [2.05, 4.69) is 15.5 Å². The molecule has 1 amide bonds. The number of hydrogen-bond donors (Lipinski definition) is 1. The zero-order valence-corrected chi connectivity index (χ0v) is 14.4. The second-order valence-corrected chi connectivity index (χ2v) is 6.66. The molecule has 2 aromatic rings. The number of carbonyl (C=O) groups excluding carboxylic acids is 2. The summed E-state index contributed by atoms with van der Waals surface area (Å²) in [5.74, 6) is -1.34. The number of benzene rings is 1. The monoisotopic (exact) mass is 391 g/mol. The molecule has 1 aromatic heterocycles. The van der Waals surface area contributed by atoms with Gasteiger partial charge in [0.25, 0.3) is 5.91 Å². The van der Waals surface area contributed by atoms with Gasteiger partial charge in [-0.25, -0.2) is 0 Å². The Morgan fingerprint density at radius 3 is 2.68 bits per heavy atom. The number of ether oxygens (including phenoxy) is 1. The molecule has 0 saturated heterocycles. The van der Waals surface area contributed by atoms with Gasteiger partial charge in [-0.05, 0) is 19.1 Å². The highest BCUT2D eigenvalue weighted by molar-refractivity contribution is 8.01. The molecule has 0 aliphatic carbocycles. The zero-order chi connectivity index (χ0) is 18.4. The van der Waals surface area contributed by atoms with Crippen LogP contribution in [0.1, 0.15) is 22.8 Å². The van der Waals surface area contributed by atoms with Gasteiger partial charge in [0.1, 0.15) is 0 Å². The number of anilines is 1. The van der Waals surface area contributed by atoms with Crippen molar-refractivity contribution in [2.75, 3.05) is 17.7 Å². The lowest BCUT2D eigenvalue weighted by molar-refractivity contribution is -0.140. The van der Waals surface area contributed by atoms with Crippen molar-refractivity contribution < 1.29 is 27.5 Å². The molecule has 0 unspecified atom stereocenters. The van der Waals surface area contributed by atoms with Crippen LogP contribution >= 0.6 is 23.1 Å². The van der Waals surface area contributed by atoms with Crippen molar-refractivity contribution in [1.29, 1.82) is 0 Å². The molecule has 2 rings (SSSR count). The van der Waals surface area contributed by atoms with Crippen LogP contribution in [-0.2, 0) is 15.7 Å². The molecule has 6 nitrogen and oxygen atoms in total. The first-order chi connectivity index (χ1) is 11.8. The highest BCUT2D eigenvalue weighted by atomic mass is 32.2. The van der Waals surface area contributed by atoms with E-state index < -0.39 is 29.2 Å². The standard InChI is InChI=1S/C14H12F3N3O3S2/c1-2-23-10(21)7-24-13-20-19-12(25-13)18-11(22)8-5-3-4-6-9(8)14(15,16)17/h3-6H,2,7H2,1H3,(H,18,19,22). The van der Waals surface area contributed by atoms with E-state index in [9.17, 15) is 22.8 Å². The van der Waals surface area contributed by atoms with Gasteiger partial charge in [0, 0.05) is 0 Å². The van der Waals surface area contributed by atoms with Gasteiger partial charge in [-0.15, -0.1) is 10.2 Å². The van der Waals surface area contributed by atoms with Crippen LogP contribution < -0.4 is 5.32 Å². The first-order valence-corrected chi connectivity index (χ1v) is 8.71. The minimum Gasteiger partial charge on any atom is -0.465 e. The van der Waals surface area contributed by atoms with Crippen LogP contribution in [-0.4, -0.2) is 34.4 Å². The van der Waals surface area contributed by atoms with Gasteiger partial charge in [0.05, 0.1) is 23.5 Å². The highest BCUT2D eigenvalue weighted by Crippen LogP contribution is 2.32. The van der Waals surface area contributed by atoms with Crippen molar-refractivity contribution in [3.05, 3.63) is 35.4 Å². The minimum atomic E-state index is -4.64. The molecular weight excluding hydrogens is 379 g/mol. The summed E-state index contributed by atoms with van der Waals surface area (Å²) >= 11 is 2.01. The third-order valence-corrected chi connectivity index (χ3v) is 4.67. The number of nitrogens with zero attached hydrogens (tertiary/aromatic N) is 2. The molecule has 0 radical (unpaired) electrons. The Bertz CT molecular complexity index is 765. The minimum absolute atomic E-state index is 0.0212. The Hall–Kier alpha value is -2.14. The van der Waals surface area contributed by atoms with Gasteiger partial charge in [-0.1, -0.05) is 35.2 Å². The Morgan fingerprint density at radius 1 is 1.28 bits per heavy atom. The van der Waals surface area contributed by atoms with Gasteiger partial charge < -0.3 is 4.74 Å². The number of hydrogen-bond acceptors (Lipinski definition) is 7. The van der Waals surface area contributed by atoms with E-state index >= 15 is 0 Å². The van der Waals surface area contributed by atoms with E-state index in [-0.39, 0.29) is 17.5 Å². The van der Waals surface area contributed by atoms with Crippen molar-refractivity contribution in [1.82, 2.24) is 10.2 Å². The second-order valence-electron chi connectivity index (χ2n) is 4.46. The number of alkyl halides is 3. The lowest BCUT2D eigenvalue weighted by Gasteiger charge is -2.11. The first kappa shape index (κ1) is 19.2. The van der Waals surface area contributed by atoms with E-state index in [1.54, 1.807) is 6.92 Å². The molecule has 134 valence electrons. The summed E-state index contributed by atoms with van der Waals surface area (Å²) in [6, 6.07) is 4.45. The largest absolute Gasteiger partial charge is 0.465 e. The normalized spacial score (nSPS) is 11.2. The average Bonchev–Trinajstić information content (AvgIpc) is 3.00. The number of thioether (sulfide) groups is 1. The summed E-state index contributed by atoms with van der Waals surface area (Å²) in [6.45, 7) is 1.94. The summed E-state index contributed by atoms with van der Waals surface area (Å²) in [6.07, 6.45) is -4.64. The Balaban J connectivity index is 2.04. The van der Waals surface area contributed by atoms with Crippen LogP contribution in [0.15, 0.2) is 28.6 Å². The maximum absolute atomic E-state index is 12.9. The Labute approximate surface area is 148 Å². The number of nitrogens with one attached hydrogen (secondary N) is 1. The fourth-order valence-corrected chi connectivity index (χ4v) is 3.28. The van der Waals surface area contributed by atoms with Gasteiger partial charge in [0.15, 0.2) is 4.34 Å². The van der Waals surface area contributed by atoms with Crippen LogP contribution in [0.4, 0.5) is 18.3 Å². The summed E-state index contributed by atoms with van der Waals surface area (Å²) in [7, 11) is 0. The molecule has 0 atom stereocenters. The number of amides is 1. The molecule has 0 fully saturated rings. The average molecular weight is 391 g/mol. The molecule has 0 saturated carbocycles. The van der Waals surface area contributed by atoms with E-state index in [4.69, 9.17) is 4.74 Å². The van der Waals surface area contributed by atoms with Crippen molar-refractivity contribution in [2.24, 2.45) is 0 Å². The Kier molecular flexibility index (Phi) is 6.37. The third kappa shape index (κ3) is 5.43. The van der Waals surface area contributed by atoms with Crippen molar-refractivity contribution in [3.63, 3.8) is 0 Å². The zero-order valence-electron chi connectivity index (χ0n) is 12.8. The second kappa shape index (κ2) is 8.30. The summed E-state index contributed by atoms with van der Waals surface area (Å²) in [5.41, 5.74) is -1.54. The maximum atomic E-state index is 12.9. The van der Waals surface area contributed by atoms with Gasteiger partial charge in [0.2, 0.25) is 5.13 Å². The fourth-order valence-electron chi connectivity index (χ4n) is 1.73. The molecule has 1 N–H and O–H groups in total. The molecule has 25 heavy (non-hydrogen) atoms. The quantitative estimate of drug-likeness (QED) is 0.461. The SMILES string of the molecule is CCOC(=O)CSc1nnc(NC(=O)c2ccccc2C(F)(F)F)s1. The fraction of sp³-hybridized carbons (Fsp3) is 0.286. The number of carbonyl (C=O) groups is 2. The van der Waals surface area contributed by atoms with Gasteiger partial charge >= 0.3 is 12.1 Å². The molecule has 0 aliphatic heterocycles. The molecule has 11 heteroatoms. The van der Waals surface area contributed by atoms with Crippen LogP contribution in [0, 0.1) is 0 Å². The predicted octanol–water partition coefficient (Wildman–Crippen LogP) is 3.46. The third-order valence-electron chi connectivity index (χ3n) is 2.72. The van der Waals surface area contributed by atoms with Crippen molar-refractivity contribution in [2.45, 2.75) is 17.4 Å². The van der Waals surface area contributed by atoms with Gasteiger partial charge in [-0.2, -0.15) is 13.2 Å². The molecule has 0 aliphatic rings. The highest BCUT2D eigenvalue weighted by Gasteiger charge is 2.35. The maximum Gasteiger partial charge on any atom is 0.417 e. The lowest BCUT2D eigenvalue weighted by atomic mass is 10.1. The number of esters is 1. The molecule has 0 spiro atoms. The van der Waals surface area contributed by atoms with Crippen molar-refractivity contribution >= 4 is 40.1 Å². The molecule has 0 bridgehead atoms. The smallest absolute Gasteiger partial charge is 0.417 e. The summed E-state index contributed by atoms with van der Waals surface area (Å²) in [4.78, 5) is 23.3. The predicted molar refractivity (Wildman–Crippen MR) is 86.7 cm³/mol. The molecular formula is C14H12F3N3O3S2. The topological polar surface area (TPSA) is 81.2 Å². The van der Waals surface area contributed by atoms with Crippen LogP contribution in [0.5, 0.6) is 0 Å². The molecule has 1 heterocycles. The number of halogens is 3. The van der Waals surface area contributed by atoms with E-state index in [1.807, 2.05) is 0 Å². The number of rotatable bonds is 6. The molecule has 1 aromatic carbocycles. The van der Waals surface area contributed by atoms with Crippen LogP contribution in [0.3, 0.4) is 0 Å². The van der Waals surface area contributed by atoms with E-state index in [1.165, 1.54) is 12.1 Å². The van der Waals surface area contributed by atoms with E-state index in [0.717, 1.165) is 35.2 Å². The van der Waals surface area contributed by atoms with Crippen LogP contribution in [0.25, 0.3) is 0 Å². The Morgan fingerprint density at radius 2 is 2.00 bits per heavy atom. The van der Waals surface area contributed by atoms with Crippen LogP contribution in [0.2, 0.25) is 0 Å². The summed E-state index contributed by atoms with van der Waals surface area (Å²) < 4.78 is 44.0. The van der Waals surface area contributed by atoms with E-state index in [0.29, 0.717) is 4.34 Å².